The first-order chi connectivity index (χ1) is 18.6. The molecule has 0 radical (unpaired) electrons. The van der Waals surface area contributed by atoms with Gasteiger partial charge >= 0.3 is 11.9 Å². The topological polar surface area (TPSA) is 85.8 Å². The highest BCUT2D eigenvalue weighted by Gasteiger charge is 2.50. The van der Waals surface area contributed by atoms with E-state index in [0.29, 0.717) is 22.6 Å². The summed E-state index contributed by atoms with van der Waals surface area (Å²) in [5, 5.41) is -0.357. The van der Waals surface area contributed by atoms with Gasteiger partial charge in [0.1, 0.15) is 17.7 Å². The van der Waals surface area contributed by atoms with Gasteiger partial charge in [0.05, 0.1) is 11.3 Å². The first-order valence-corrected chi connectivity index (χ1v) is 13.4. The molecule has 38 heavy (non-hydrogen) atoms. The molecule has 1 atom stereocenters. The molecule has 0 unspecified atom stereocenters. The monoisotopic (exact) mass is 526 g/mol. The molecule has 5 rings (SSSR count). The summed E-state index contributed by atoms with van der Waals surface area (Å²) in [6.07, 6.45) is 2.95. The number of thioether (sulfide) groups is 1. The fourth-order valence-corrected chi connectivity index (χ4v) is 5.63. The number of nitrogens with zero attached hydrogens (tertiary/aromatic N) is 2. The van der Waals surface area contributed by atoms with Gasteiger partial charge in [-0.05, 0) is 29.3 Å². The van der Waals surface area contributed by atoms with Gasteiger partial charge in [0.25, 0.3) is 5.91 Å². The quantitative estimate of drug-likeness (QED) is 0.234. The normalized spacial score (nSPS) is 17.7. The van der Waals surface area contributed by atoms with Crippen molar-refractivity contribution in [3.05, 3.63) is 119 Å². The number of pyridine rings is 1. The van der Waals surface area contributed by atoms with Crippen LogP contribution in [0, 0.1) is 0 Å². The molecule has 3 heterocycles. The van der Waals surface area contributed by atoms with Crippen molar-refractivity contribution < 1.29 is 23.9 Å². The van der Waals surface area contributed by atoms with Crippen LogP contribution in [0.4, 0.5) is 0 Å². The third-order valence-corrected chi connectivity index (χ3v) is 7.56. The number of hydrogen-bond donors (Lipinski definition) is 0. The van der Waals surface area contributed by atoms with Crippen molar-refractivity contribution in [3.8, 4) is 0 Å². The molecule has 1 fully saturated rings. The Hall–Kier alpha value is -4.17. The Kier molecular flexibility index (Phi) is 7.70. The van der Waals surface area contributed by atoms with E-state index in [1.807, 2.05) is 78.9 Å². The van der Waals surface area contributed by atoms with Gasteiger partial charge in [-0.1, -0.05) is 73.7 Å². The Balaban J connectivity index is 1.48. The number of hydrogen-bond acceptors (Lipinski definition) is 7. The molecular weight excluding hydrogens is 500 g/mol. The second-order valence-corrected chi connectivity index (χ2v) is 9.83. The Morgan fingerprint density at radius 1 is 1.03 bits per heavy atom. The number of aromatic nitrogens is 1. The standard InChI is InChI=1S/C30H26N2O5S/c1-2-25(33)36-18-22-19-38-29-24(17-23-15-9-10-16-31-23)28(34)32(29)26(22)30(35)37-27(20-11-5-3-6-12-20)21-13-7-4-8-14-21/h3-17,27,29H,2,18-19H2,1H3/b24-17-/t29-/m1/s1. The van der Waals surface area contributed by atoms with Crippen molar-refractivity contribution in [3.63, 3.8) is 0 Å². The zero-order valence-corrected chi connectivity index (χ0v) is 21.6. The van der Waals surface area contributed by atoms with Gasteiger partial charge in [-0.2, -0.15) is 0 Å². The molecule has 2 aromatic carbocycles. The Morgan fingerprint density at radius 2 is 1.68 bits per heavy atom. The van der Waals surface area contributed by atoms with Gasteiger partial charge in [0, 0.05) is 23.9 Å². The van der Waals surface area contributed by atoms with Crippen molar-refractivity contribution in [1.82, 2.24) is 9.88 Å². The molecule has 2 aliphatic heterocycles. The summed E-state index contributed by atoms with van der Waals surface area (Å²) in [5.41, 5.74) is 3.52. The molecule has 192 valence electrons. The van der Waals surface area contributed by atoms with E-state index < -0.39 is 12.1 Å². The molecule has 0 spiro atoms. The fourth-order valence-electron chi connectivity index (χ4n) is 4.35. The van der Waals surface area contributed by atoms with Gasteiger partial charge in [-0.15, -0.1) is 11.8 Å². The Morgan fingerprint density at radius 3 is 2.29 bits per heavy atom. The lowest BCUT2D eigenvalue weighted by Gasteiger charge is -2.46. The van der Waals surface area contributed by atoms with Crippen LogP contribution in [0.15, 0.2) is 102 Å². The van der Waals surface area contributed by atoms with Crippen LogP contribution in [0.5, 0.6) is 0 Å². The van der Waals surface area contributed by atoms with E-state index in [-0.39, 0.29) is 36.0 Å². The number of carbonyl (C=O) groups excluding carboxylic acids is 3. The van der Waals surface area contributed by atoms with Crippen LogP contribution >= 0.6 is 11.8 Å². The minimum atomic E-state index is -0.676. The van der Waals surface area contributed by atoms with E-state index in [1.54, 1.807) is 19.2 Å². The summed E-state index contributed by atoms with van der Waals surface area (Å²) < 4.78 is 11.5. The number of amides is 1. The second-order valence-electron chi connectivity index (χ2n) is 8.77. The van der Waals surface area contributed by atoms with Gasteiger partial charge < -0.3 is 9.47 Å². The average Bonchev–Trinajstić information content (AvgIpc) is 2.98. The maximum absolute atomic E-state index is 13.8. The number of β-lactam (4-membered cyclic amide) rings is 1. The highest BCUT2D eigenvalue weighted by atomic mass is 32.2. The molecule has 1 saturated heterocycles. The molecular formula is C30H26N2O5S. The molecule has 7 nitrogen and oxygen atoms in total. The average molecular weight is 527 g/mol. The maximum Gasteiger partial charge on any atom is 0.356 e. The molecule has 3 aromatic rings. The predicted molar refractivity (Wildman–Crippen MR) is 144 cm³/mol. The number of carbonyl (C=O) groups is 3. The number of rotatable bonds is 8. The number of benzene rings is 2. The highest BCUT2D eigenvalue weighted by molar-refractivity contribution is 8.00. The summed E-state index contributed by atoms with van der Waals surface area (Å²) in [6, 6.07) is 24.4. The Labute approximate surface area is 225 Å². The molecule has 8 heteroatoms. The lowest BCUT2D eigenvalue weighted by Crippen LogP contribution is -2.56. The summed E-state index contributed by atoms with van der Waals surface area (Å²) in [4.78, 5) is 44.8. The number of esters is 2. The first-order valence-electron chi connectivity index (χ1n) is 12.3. The maximum atomic E-state index is 13.8. The summed E-state index contributed by atoms with van der Waals surface area (Å²) in [5.74, 6) is -0.901. The third kappa shape index (κ3) is 5.26. The second kappa shape index (κ2) is 11.5. The molecule has 0 saturated carbocycles. The Bertz CT molecular complexity index is 1350. The predicted octanol–water partition coefficient (Wildman–Crippen LogP) is 4.92. The summed E-state index contributed by atoms with van der Waals surface area (Å²) >= 11 is 1.50. The van der Waals surface area contributed by atoms with Crippen LogP contribution in [-0.2, 0) is 23.9 Å². The van der Waals surface area contributed by atoms with Crippen LogP contribution in [0.2, 0.25) is 0 Å². The minimum absolute atomic E-state index is 0.0821. The smallest absolute Gasteiger partial charge is 0.356 e. The molecule has 2 aliphatic rings. The zero-order chi connectivity index (χ0) is 26.5. The molecule has 0 bridgehead atoms. The van der Waals surface area contributed by atoms with E-state index in [4.69, 9.17) is 9.47 Å². The molecule has 1 aromatic heterocycles. The lowest BCUT2D eigenvalue weighted by atomic mass is 10.00. The minimum Gasteiger partial charge on any atom is -0.461 e. The van der Waals surface area contributed by atoms with Crippen LogP contribution in [-0.4, -0.2) is 45.5 Å². The van der Waals surface area contributed by atoms with Gasteiger partial charge in [0.2, 0.25) is 0 Å². The van der Waals surface area contributed by atoms with E-state index in [9.17, 15) is 14.4 Å². The van der Waals surface area contributed by atoms with Gasteiger partial charge in [0.15, 0.2) is 6.10 Å². The van der Waals surface area contributed by atoms with Gasteiger partial charge in [-0.3, -0.25) is 19.5 Å². The molecule has 1 amide bonds. The number of fused-ring (bicyclic) bond motifs is 1. The van der Waals surface area contributed by atoms with Crippen molar-refractivity contribution in [2.45, 2.75) is 24.8 Å². The summed E-state index contributed by atoms with van der Waals surface area (Å²) in [6.45, 7) is 1.62. The zero-order valence-electron chi connectivity index (χ0n) is 20.8. The number of ether oxygens (including phenoxy) is 2. The van der Waals surface area contributed by atoms with E-state index >= 15 is 0 Å². The molecule has 0 N–H and O–H groups in total. The highest BCUT2D eigenvalue weighted by Crippen LogP contribution is 2.45. The van der Waals surface area contributed by atoms with Crippen molar-refractivity contribution >= 4 is 35.7 Å². The van der Waals surface area contributed by atoms with E-state index in [1.165, 1.54) is 16.7 Å². The van der Waals surface area contributed by atoms with Crippen LogP contribution < -0.4 is 0 Å². The lowest BCUT2D eigenvalue weighted by molar-refractivity contribution is -0.149. The first kappa shape index (κ1) is 25.5. The largest absolute Gasteiger partial charge is 0.461 e. The van der Waals surface area contributed by atoms with Crippen LogP contribution in [0.1, 0.15) is 36.3 Å². The van der Waals surface area contributed by atoms with Crippen molar-refractivity contribution in [1.29, 1.82) is 0 Å². The van der Waals surface area contributed by atoms with Crippen LogP contribution in [0.25, 0.3) is 6.08 Å². The SMILES string of the molecule is CCC(=O)OCC1=C(C(=O)OC(c2ccccc2)c2ccccc2)N2C(=O)/C(=C/c3ccccn3)[C@H]2SC1. The third-order valence-electron chi connectivity index (χ3n) is 6.27. The summed E-state index contributed by atoms with van der Waals surface area (Å²) in [7, 11) is 0. The van der Waals surface area contributed by atoms with Crippen molar-refractivity contribution in [2.24, 2.45) is 0 Å². The van der Waals surface area contributed by atoms with Gasteiger partial charge in [-0.25, -0.2) is 4.79 Å². The van der Waals surface area contributed by atoms with E-state index in [0.717, 1.165) is 11.1 Å². The molecule has 0 aliphatic carbocycles. The van der Waals surface area contributed by atoms with E-state index in [2.05, 4.69) is 4.98 Å². The van der Waals surface area contributed by atoms with Crippen molar-refractivity contribution in [2.75, 3.05) is 12.4 Å². The van der Waals surface area contributed by atoms with Crippen LogP contribution in [0.3, 0.4) is 0 Å². The fraction of sp³-hybridized carbons (Fsp3) is 0.200.